The van der Waals surface area contributed by atoms with Gasteiger partial charge in [-0.05, 0) is 17.7 Å². The van der Waals surface area contributed by atoms with Crippen LogP contribution in [0.3, 0.4) is 0 Å². The second-order valence-electron chi connectivity index (χ2n) is 3.97. The summed E-state index contributed by atoms with van der Waals surface area (Å²) in [6.07, 6.45) is -0.816. The minimum absolute atomic E-state index is 0.0771. The Morgan fingerprint density at radius 1 is 1.38 bits per heavy atom. The molecule has 1 aromatic rings. The third-order valence-corrected chi connectivity index (χ3v) is 2.27. The van der Waals surface area contributed by atoms with Gasteiger partial charge in [-0.2, -0.15) is 0 Å². The van der Waals surface area contributed by atoms with Crippen molar-refractivity contribution in [3.05, 3.63) is 29.8 Å². The molecule has 0 fully saturated rings. The zero-order chi connectivity index (χ0) is 12.1. The first-order valence-electron chi connectivity index (χ1n) is 5.23. The fourth-order valence-corrected chi connectivity index (χ4v) is 1.32. The third-order valence-electron chi connectivity index (χ3n) is 2.27. The van der Waals surface area contributed by atoms with Crippen molar-refractivity contribution >= 4 is 5.97 Å². The molecule has 88 valence electrons. The molecule has 0 aliphatic carbocycles. The molecule has 0 unspecified atom stereocenters. The van der Waals surface area contributed by atoms with Crippen LogP contribution in [0.5, 0.6) is 5.75 Å². The van der Waals surface area contributed by atoms with Gasteiger partial charge >= 0.3 is 5.97 Å². The Balaban J connectivity index is 2.74. The van der Waals surface area contributed by atoms with Gasteiger partial charge in [-0.3, -0.25) is 0 Å². The predicted octanol–water partition coefficient (Wildman–Crippen LogP) is 1.63. The number of carboxylic acids is 1. The fraction of sp³-hybridized carbons (Fsp3) is 0.417. The van der Waals surface area contributed by atoms with E-state index in [0.717, 1.165) is 5.56 Å². The molecule has 0 aromatic heterocycles. The number of ether oxygens (including phenoxy) is 1. The summed E-state index contributed by atoms with van der Waals surface area (Å²) in [5.74, 6) is -0.470. The van der Waals surface area contributed by atoms with Crippen molar-refractivity contribution < 1.29 is 14.6 Å². The Hall–Kier alpha value is -1.55. The molecule has 0 amide bonds. The number of hydrogen-bond acceptors (Lipinski definition) is 3. The van der Waals surface area contributed by atoms with E-state index in [1.165, 1.54) is 0 Å². The van der Waals surface area contributed by atoms with Gasteiger partial charge in [-0.15, -0.1) is 0 Å². The smallest absolute Gasteiger partial charge is 0.345 e. The Morgan fingerprint density at radius 3 is 2.31 bits per heavy atom. The molecule has 1 aromatic carbocycles. The van der Waals surface area contributed by atoms with E-state index >= 15 is 0 Å². The molecule has 0 heterocycles. The molecule has 0 saturated carbocycles. The summed E-state index contributed by atoms with van der Waals surface area (Å²) in [4.78, 5) is 10.9. The number of nitrogens with two attached hydrogens (primary N) is 1. The lowest BCUT2D eigenvalue weighted by Gasteiger charge is -2.18. The van der Waals surface area contributed by atoms with E-state index in [4.69, 9.17) is 15.6 Å². The summed E-state index contributed by atoms with van der Waals surface area (Å²) < 4.78 is 5.40. The first-order chi connectivity index (χ1) is 7.54. The van der Waals surface area contributed by atoms with Crippen LogP contribution in [-0.4, -0.2) is 17.2 Å². The number of aliphatic carboxylic acids is 1. The second-order valence-corrected chi connectivity index (χ2v) is 3.97. The molecular formula is C12H17NO3. The average molecular weight is 223 g/mol. The minimum atomic E-state index is -0.946. The highest BCUT2D eigenvalue weighted by molar-refractivity contribution is 5.73. The molecule has 0 aliphatic rings. The van der Waals surface area contributed by atoms with E-state index < -0.39 is 12.1 Å². The van der Waals surface area contributed by atoms with Crippen molar-refractivity contribution in [3.63, 3.8) is 0 Å². The molecule has 0 saturated heterocycles. The number of benzene rings is 1. The molecule has 4 heteroatoms. The van der Waals surface area contributed by atoms with Crippen LogP contribution in [0.2, 0.25) is 0 Å². The Morgan fingerprint density at radius 2 is 1.94 bits per heavy atom. The molecule has 0 radical (unpaired) electrons. The van der Waals surface area contributed by atoms with Crippen molar-refractivity contribution in [3.8, 4) is 5.75 Å². The normalized spacial score (nSPS) is 12.5. The maximum Gasteiger partial charge on any atom is 0.345 e. The van der Waals surface area contributed by atoms with Crippen molar-refractivity contribution in [2.24, 2.45) is 11.7 Å². The van der Waals surface area contributed by atoms with E-state index in [2.05, 4.69) is 0 Å². The summed E-state index contributed by atoms with van der Waals surface area (Å²) in [7, 11) is 0. The van der Waals surface area contributed by atoms with Gasteiger partial charge in [0.1, 0.15) is 5.75 Å². The molecule has 4 nitrogen and oxygen atoms in total. The highest BCUT2D eigenvalue weighted by Gasteiger charge is 2.23. The largest absolute Gasteiger partial charge is 0.478 e. The summed E-state index contributed by atoms with van der Waals surface area (Å²) in [5, 5.41) is 8.96. The average Bonchev–Trinajstić information content (AvgIpc) is 2.25. The van der Waals surface area contributed by atoms with Crippen molar-refractivity contribution in [1.82, 2.24) is 0 Å². The topological polar surface area (TPSA) is 72.5 Å². The molecule has 16 heavy (non-hydrogen) atoms. The van der Waals surface area contributed by atoms with Crippen LogP contribution in [0.4, 0.5) is 0 Å². The summed E-state index contributed by atoms with van der Waals surface area (Å²) >= 11 is 0. The lowest BCUT2D eigenvalue weighted by Crippen LogP contribution is -2.32. The van der Waals surface area contributed by atoms with E-state index in [9.17, 15) is 4.79 Å². The Bertz CT molecular complexity index is 346. The summed E-state index contributed by atoms with van der Waals surface area (Å²) in [6, 6.07) is 7.13. The molecular weight excluding hydrogens is 206 g/mol. The Labute approximate surface area is 95.0 Å². The van der Waals surface area contributed by atoms with E-state index in [-0.39, 0.29) is 5.92 Å². The highest BCUT2D eigenvalue weighted by atomic mass is 16.5. The number of carboxylic acid groups (broad SMARTS) is 1. The number of rotatable bonds is 5. The van der Waals surface area contributed by atoms with Crippen LogP contribution in [0.1, 0.15) is 19.4 Å². The van der Waals surface area contributed by atoms with Crippen molar-refractivity contribution in [2.45, 2.75) is 26.5 Å². The fourth-order valence-electron chi connectivity index (χ4n) is 1.32. The quantitative estimate of drug-likeness (QED) is 0.795. The van der Waals surface area contributed by atoms with Crippen molar-refractivity contribution in [2.75, 3.05) is 0 Å². The van der Waals surface area contributed by atoms with Gasteiger partial charge in [0.15, 0.2) is 6.10 Å². The van der Waals surface area contributed by atoms with Gasteiger partial charge in [-0.25, -0.2) is 4.79 Å². The van der Waals surface area contributed by atoms with Crippen LogP contribution in [0.15, 0.2) is 24.3 Å². The van der Waals surface area contributed by atoms with E-state index in [1.807, 2.05) is 26.0 Å². The highest BCUT2D eigenvalue weighted by Crippen LogP contribution is 2.17. The van der Waals surface area contributed by atoms with Crippen LogP contribution < -0.4 is 10.5 Å². The first-order valence-corrected chi connectivity index (χ1v) is 5.23. The number of hydrogen-bond donors (Lipinski definition) is 2. The maximum atomic E-state index is 10.9. The summed E-state index contributed by atoms with van der Waals surface area (Å²) in [5.41, 5.74) is 6.45. The lowest BCUT2D eigenvalue weighted by molar-refractivity contribution is -0.147. The van der Waals surface area contributed by atoms with Crippen LogP contribution in [0, 0.1) is 5.92 Å². The van der Waals surface area contributed by atoms with E-state index in [0.29, 0.717) is 12.3 Å². The molecule has 3 N–H and O–H groups in total. The minimum Gasteiger partial charge on any atom is -0.478 e. The predicted molar refractivity (Wildman–Crippen MR) is 61.2 cm³/mol. The van der Waals surface area contributed by atoms with E-state index in [1.54, 1.807) is 12.1 Å². The SMILES string of the molecule is CC(C)[C@H](Oc1ccc(CN)cc1)C(=O)O. The van der Waals surface area contributed by atoms with Crippen molar-refractivity contribution in [1.29, 1.82) is 0 Å². The molecule has 0 spiro atoms. The maximum absolute atomic E-state index is 10.9. The first kappa shape index (κ1) is 12.5. The second kappa shape index (κ2) is 5.51. The number of carbonyl (C=O) groups is 1. The van der Waals surface area contributed by atoms with Crippen LogP contribution in [0.25, 0.3) is 0 Å². The van der Waals surface area contributed by atoms with Gasteiger partial charge in [0.2, 0.25) is 0 Å². The van der Waals surface area contributed by atoms with Gasteiger partial charge in [0.05, 0.1) is 0 Å². The molecule has 0 bridgehead atoms. The summed E-state index contributed by atoms with van der Waals surface area (Å²) in [6.45, 7) is 4.09. The Kier molecular flexibility index (Phi) is 4.31. The lowest BCUT2D eigenvalue weighted by atomic mass is 10.1. The standard InChI is InChI=1S/C12H17NO3/c1-8(2)11(12(14)15)16-10-5-3-9(7-13)4-6-10/h3-6,8,11H,7,13H2,1-2H3,(H,14,15)/t11-/m0/s1. The molecule has 0 aliphatic heterocycles. The van der Waals surface area contributed by atoms with Crippen LogP contribution >= 0.6 is 0 Å². The molecule has 1 rings (SSSR count). The van der Waals surface area contributed by atoms with Gasteiger partial charge in [0.25, 0.3) is 0 Å². The van der Waals surface area contributed by atoms with Crippen LogP contribution in [-0.2, 0) is 11.3 Å². The van der Waals surface area contributed by atoms with Gasteiger partial charge in [-0.1, -0.05) is 26.0 Å². The zero-order valence-electron chi connectivity index (χ0n) is 9.51. The van der Waals surface area contributed by atoms with Gasteiger partial charge < -0.3 is 15.6 Å². The van der Waals surface area contributed by atoms with Gasteiger partial charge in [0, 0.05) is 12.5 Å². The monoisotopic (exact) mass is 223 g/mol. The molecule has 1 atom stereocenters. The zero-order valence-corrected chi connectivity index (χ0v) is 9.51. The third kappa shape index (κ3) is 3.24.